The molecule has 1 fully saturated rings. The Kier molecular flexibility index (Phi) is 20.6. The Balaban J connectivity index is 1.29. The fourth-order valence-corrected chi connectivity index (χ4v) is 9.76. The van der Waals surface area contributed by atoms with E-state index >= 15 is 0 Å². The number of phosphoric acid groups is 1. The maximum atomic E-state index is 14.8. The van der Waals surface area contributed by atoms with Crippen LogP contribution in [0.25, 0.3) is 0 Å². The normalized spacial score (nSPS) is 14.7. The molecule has 5 aromatic rings. The van der Waals surface area contributed by atoms with Crippen molar-refractivity contribution >= 4 is 31.6 Å². The topological polar surface area (TPSA) is 171 Å². The van der Waals surface area contributed by atoms with Crippen molar-refractivity contribution in [2.75, 3.05) is 26.3 Å². The summed E-state index contributed by atoms with van der Waals surface area (Å²) in [5, 5.41) is 9.31. The number of para-hydroxylation sites is 1. The second-order valence-electron chi connectivity index (χ2n) is 19.3. The summed E-state index contributed by atoms with van der Waals surface area (Å²) in [7, 11) is -4.18. The third kappa shape index (κ3) is 16.9. The lowest BCUT2D eigenvalue weighted by atomic mass is 9.89. The smallest absolute Gasteiger partial charge is 0.475 e. The van der Waals surface area contributed by atoms with E-state index in [4.69, 9.17) is 23.0 Å². The van der Waals surface area contributed by atoms with E-state index in [9.17, 15) is 23.7 Å². The summed E-state index contributed by atoms with van der Waals surface area (Å²) in [6.07, 6.45) is 0.387. The Morgan fingerprint density at radius 1 is 0.708 bits per heavy atom. The van der Waals surface area contributed by atoms with Crippen molar-refractivity contribution in [3.63, 3.8) is 0 Å². The number of benzene rings is 5. The molecule has 1 aliphatic rings. The third-order valence-corrected chi connectivity index (χ3v) is 14.0. The number of nitrogens with one attached hydrogen (secondary N) is 3. The molecule has 0 aliphatic carbocycles. The number of phosphoric ester groups is 1. The van der Waals surface area contributed by atoms with Gasteiger partial charge < -0.3 is 30.3 Å². The van der Waals surface area contributed by atoms with Crippen LogP contribution in [0.15, 0.2) is 140 Å². The lowest BCUT2D eigenvalue weighted by molar-refractivity contribution is -0.163. The van der Waals surface area contributed by atoms with E-state index in [1.165, 1.54) is 0 Å². The number of esters is 1. The van der Waals surface area contributed by atoms with Gasteiger partial charge in [0.1, 0.15) is 17.9 Å². The van der Waals surface area contributed by atoms with Crippen molar-refractivity contribution in [1.29, 1.82) is 0 Å². The van der Waals surface area contributed by atoms with E-state index in [-0.39, 0.29) is 63.5 Å². The molecule has 5 aromatic carbocycles. The molecule has 4 amide bonds. The van der Waals surface area contributed by atoms with Crippen LogP contribution in [0.4, 0.5) is 4.79 Å². The minimum absolute atomic E-state index is 0.0338. The summed E-state index contributed by atoms with van der Waals surface area (Å²) in [6, 6.07) is 40.9. The number of ether oxygens (including phenoxy) is 2. The van der Waals surface area contributed by atoms with Gasteiger partial charge in [-0.25, -0.2) is 9.36 Å². The number of carbonyl (C=O) groups excluding carboxylic acids is 4. The van der Waals surface area contributed by atoms with Gasteiger partial charge in [0, 0.05) is 25.6 Å². The third-order valence-electron chi connectivity index (χ3n) is 12.6. The molecule has 14 nitrogen and oxygen atoms in total. The molecule has 1 saturated heterocycles. The molecule has 2 unspecified atom stereocenters. The molecule has 384 valence electrons. The number of urea groups is 1. The van der Waals surface area contributed by atoms with Crippen molar-refractivity contribution in [3.05, 3.63) is 173 Å². The van der Waals surface area contributed by atoms with Crippen molar-refractivity contribution in [3.8, 4) is 5.75 Å². The van der Waals surface area contributed by atoms with Crippen LogP contribution in [0.3, 0.4) is 0 Å². The molecule has 0 aromatic heterocycles. The standard InChI is InChI=1S/C57H71N4O10P/c1-41(2)52(61-33-20-32-58-56(61)65)54(63)59-48(35-44-23-11-7-12-24-44)37-50(49(36-45-25-13-8-14-26-45)60-51(62)40-67-53-42(3)21-19-22-43(53)4)71-55(64)57(5,6)31-34-68-72(66,69-38-46-27-15-9-16-28-46)70-39-47-29-17-10-18-30-47/h7-19,21-30,41,48-50,52H,20,31-40H2,1-6H3,(H,58,65)(H,59,63)(H,60,62)/t48?,49-,50?,52-/m0/s1. The number of nitrogens with zero attached hydrogens (tertiary/aromatic N) is 1. The van der Waals surface area contributed by atoms with E-state index in [0.717, 1.165) is 33.4 Å². The molecular formula is C57H71N4O10P. The lowest BCUT2D eigenvalue weighted by Gasteiger charge is -2.38. The first kappa shape index (κ1) is 55.0. The van der Waals surface area contributed by atoms with Gasteiger partial charge in [0.2, 0.25) is 5.91 Å². The van der Waals surface area contributed by atoms with Crippen LogP contribution in [0, 0.1) is 25.2 Å². The number of carbonyl (C=O) groups is 4. The Morgan fingerprint density at radius 3 is 1.76 bits per heavy atom. The zero-order valence-corrected chi connectivity index (χ0v) is 43.3. The zero-order chi connectivity index (χ0) is 51.5. The second kappa shape index (κ2) is 26.9. The van der Waals surface area contributed by atoms with Crippen LogP contribution >= 0.6 is 7.82 Å². The van der Waals surface area contributed by atoms with E-state index in [2.05, 4.69) is 16.0 Å². The van der Waals surface area contributed by atoms with Crippen LogP contribution < -0.4 is 20.7 Å². The maximum absolute atomic E-state index is 14.8. The number of hydrogen-bond donors (Lipinski definition) is 3. The molecular weight excluding hydrogens is 932 g/mol. The molecule has 15 heteroatoms. The van der Waals surface area contributed by atoms with Crippen molar-refractivity contribution in [1.82, 2.24) is 20.9 Å². The van der Waals surface area contributed by atoms with Crippen molar-refractivity contribution in [2.45, 2.75) is 111 Å². The molecule has 0 spiro atoms. The maximum Gasteiger partial charge on any atom is 0.475 e. The molecule has 6 rings (SSSR count). The van der Waals surface area contributed by atoms with Gasteiger partial charge >= 0.3 is 19.8 Å². The predicted octanol–water partition coefficient (Wildman–Crippen LogP) is 9.85. The number of rotatable bonds is 27. The van der Waals surface area contributed by atoms with Crippen LogP contribution in [-0.4, -0.2) is 79.2 Å². The van der Waals surface area contributed by atoms with E-state index < -0.39 is 49.3 Å². The van der Waals surface area contributed by atoms with Crippen LogP contribution in [0.1, 0.15) is 80.3 Å². The highest BCUT2D eigenvalue weighted by atomic mass is 31.2. The van der Waals surface area contributed by atoms with Gasteiger partial charge in [-0.1, -0.05) is 153 Å². The highest BCUT2D eigenvalue weighted by Crippen LogP contribution is 2.51. The Morgan fingerprint density at radius 2 is 1.24 bits per heavy atom. The SMILES string of the molecule is Cc1cccc(C)c1OCC(=O)N[C@@H](Cc1ccccc1)C(CC(Cc1ccccc1)NC(=O)[C@H](C(C)C)N1CCCNC1=O)OC(=O)C(C)(C)CCOP(=O)(OCc1ccccc1)OCc1ccccc1. The summed E-state index contributed by atoms with van der Waals surface area (Å²) < 4.78 is 44.6. The molecule has 0 radical (unpaired) electrons. The summed E-state index contributed by atoms with van der Waals surface area (Å²) in [5.74, 6) is -1.02. The fourth-order valence-electron chi connectivity index (χ4n) is 8.61. The van der Waals surface area contributed by atoms with Gasteiger partial charge in [0.25, 0.3) is 5.91 Å². The number of aryl methyl sites for hydroxylation is 2. The molecule has 72 heavy (non-hydrogen) atoms. The number of hydrogen-bond acceptors (Lipinski definition) is 10. The summed E-state index contributed by atoms with van der Waals surface area (Å²) in [4.78, 5) is 58.2. The summed E-state index contributed by atoms with van der Waals surface area (Å²) >= 11 is 0. The van der Waals surface area contributed by atoms with E-state index in [0.29, 0.717) is 31.7 Å². The molecule has 1 aliphatic heterocycles. The molecule has 3 N–H and O–H groups in total. The van der Waals surface area contributed by atoms with Gasteiger partial charge in [-0.15, -0.1) is 0 Å². The molecule has 0 bridgehead atoms. The van der Waals surface area contributed by atoms with Gasteiger partial charge in [0.15, 0.2) is 6.61 Å². The lowest BCUT2D eigenvalue weighted by Crippen LogP contribution is -2.59. The van der Waals surface area contributed by atoms with Gasteiger partial charge in [-0.2, -0.15) is 0 Å². The van der Waals surface area contributed by atoms with Crippen LogP contribution in [0.5, 0.6) is 5.75 Å². The molecule has 4 atom stereocenters. The first-order chi connectivity index (χ1) is 34.6. The second-order valence-corrected chi connectivity index (χ2v) is 21.0. The minimum Gasteiger partial charge on any atom is -0.483 e. The van der Waals surface area contributed by atoms with E-state index in [1.807, 2.05) is 167 Å². The first-order valence-electron chi connectivity index (χ1n) is 24.8. The largest absolute Gasteiger partial charge is 0.483 e. The van der Waals surface area contributed by atoms with Crippen LogP contribution in [-0.2, 0) is 63.3 Å². The number of amides is 4. The van der Waals surface area contributed by atoms with Crippen molar-refractivity contribution in [2.24, 2.45) is 11.3 Å². The predicted molar refractivity (Wildman–Crippen MR) is 278 cm³/mol. The highest BCUT2D eigenvalue weighted by Gasteiger charge is 2.39. The van der Waals surface area contributed by atoms with Crippen molar-refractivity contribution < 1.29 is 46.8 Å². The first-order valence-corrected chi connectivity index (χ1v) is 26.3. The van der Waals surface area contributed by atoms with Gasteiger partial charge in [0.05, 0.1) is 31.3 Å². The Labute approximate surface area is 425 Å². The summed E-state index contributed by atoms with van der Waals surface area (Å²) in [5.41, 5.74) is 3.85. The monoisotopic (exact) mass is 1000 g/mol. The zero-order valence-electron chi connectivity index (χ0n) is 42.4. The highest BCUT2D eigenvalue weighted by molar-refractivity contribution is 7.48. The van der Waals surface area contributed by atoms with Crippen LogP contribution in [0.2, 0.25) is 0 Å². The van der Waals surface area contributed by atoms with Gasteiger partial charge in [-0.05, 0) is 92.7 Å². The fraction of sp³-hybridized carbons (Fsp3) is 0.404. The Hall–Kier alpha value is -6.31. The molecule has 1 heterocycles. The minimum atomic E-state index is -4.18. The average Bonchev–Trinajstić information content (AvgIpc) is 3.36. The van der Waals surface area contributed by atoms with Gasteiger partial charge in [-0.3, -0.25) is 28.0 Å². The van der Waals surface area contributed by atoms with E-state index in [1.54, 1.807) is 18.7 Å². The summed E-state index contributed by atoms with van der Waals surface area (Å²) in [6.45, 7) is 11.4. The average molecular weight is 1000 g/mol. The quantitative estimate of drug-likeness (QED) is 0.0340. The molecule has 0 saturated carbocycles. The Bertz CT molecular complexity index is 2480.